The normalized spacial score (nSPS) is 11.2. The van der Waals surface area contributed by atoms with E-state index >= 15 is 0 Å². The molecule has 5 rings (SSSR count). The van der Waals surface area contributed by atoms with Crippen molar-refractivity contribution in [3.63, 3.8) is 0 Å². The van der Waals surface area contributed by atoms with Gasteiger partial charge in [-0.3, -0.25) is 4.79 Å². The van der Waals surface area contributed by atoms with Gasteiger partial charge in [0.15, 0.2) is 17.3 Å². The molecule has 6 heteroatoms. The first-order valence-corrected chi connectivity index (χ1v) is 11.8. The molecule has 0 aliphatic rings. The highest BCUT2D eigenvalue weighted by molar-refractivity contribution is 5.89. The molecule has 1 N–H and O–H groups in total. The lowest BCUT2D eigenvalue weighted by Gasteiger charge is -2.14. The number of nitriles is 1. The molecule has 5 aromatic rings. The second kappa shape index (κ2) is 11.1. The van der Waals surface area contributed by atoms with Crippen LogP contribution in [0.15, 0.2) is 108 Å². The van der Waals surface area contributed by atoms with Crippen LogP contribution in [0.25, 0.3) is 22.6 Å². The molecule has 0 aliphatic heterocycles. The van der Waals surface area contributed by atoms with Gasteiger partial charge in [-0.25, -0.2) is 4.98 Å². The van der Waals surface area contributed by atoms with E-state index in [0.717, 1.165) is 11.1 Å². The first kappa shape index (κ1) is 23.6. The Morgan fingerprint density at radius 1 is 0.811 bits per heavy atom. The molecule has 0 atom stereocenters. The first-order valence-electron chi connectivity index (χ1n) is 11.8. The zero-order valence-electron chi connectivity index (χ0n) is 19.9. The molecule has 0 fully saturated rings. The number of fused-ring (bicyclic) bond motifs is 1. The Balaban J connectivity index is 1.47. The third-order valence-electron chi connectivity index (χ3n) is 5.74. The predicted octanol–water partition coefficient (Wildman–Crippen LogP) is 6.15. The highest BCUT2D eigenvalue weighted by atomic mass is 16.5. The van der Waals surface area contributed by atoms with Gasteiger partial charge in [0.05, 0.1) is 16.5 Å². The number of para-hydroxylation sites is 1. The van der Waals surface area contributed by atoms with E-state index in [1.165, 1.54) is 0 Å². The van der Waals surface area contributed by atoms with E-state index in [-0.39, 0.29) is 17.0 Å². The monoisotopic (exact) mass is 485 g/mol. The van der Waals surface area contributed by atoms with Gasteiger partial charge in [-0.2, -0.15) is 5.26 Å². The Labute approximate surface area is 214 Å². The highest BCUT2D eigenvalue weighted by Crippen LogP contribution is 2.31. The van der Waals surface area contributed by atoms with Gasteiger partial charge in [0, 0.05) is 0 Å². The summed E-state index contributed by atoms with van der Waals surface area (Å²) in [5.74, 6) is 1.35. The van der Waals surface area contributed by atoms with Crippen molar-refractivity contribution < 1.29 is 9.47 Å². The van der Waals surface area contributed by atoms with Crippen molar-refractivity contribution in [1.82, 2.24) is 9.97 Å². The summed E-state index contributed by atoms with van der Waals surface area (Å²) in [5, 5.41) is 10.3. The van der Waals surface area contributed by atoms with Crippen LogP contribution in [0.3, 0.4) is 0 Å². The zero-order chi connectivity index (χ0) is 25.5. The fourth-order valence-electron chi connectivity index (χ4n) is 3.85. The molecule has 180 valence electrons. The molecule has 1 heterocycles. The smallest absolute Gasteiger partial charge is 0.259 e. The first-order chi connectivity index (χ1) is 18.2. The molecular weight excluding hydrogens is 462 g/mol. The van der Waals surface area contributed by atoms with E-state index in [1.807, 2.05) is 78.9 Å². The van der Waals surface area contributed by atoms with E-state index in [2.05, 4.69) is 16.0 Å². The van der Waals surface area contributed by atoms with Crippen LogP contribution in [0, 0.1) is 11.3 Å². The molecular formula is C31H23N3O3. The van der Waals surface area contributed by atoms with Crippen LogP contribution in [0.4, 0.5) is 0 Å². The lowest BCUT2D eigenvalue weighted by molar-refractivity contribution is 0.256. The maximum atomic E-state index is 12.5. The number of aromatic nitrogens is 2. The average molecular weight is 486 g/mol. The SMILES string of the molecule is N#CC(=Cc1ccc(OCc2ccccc2)c(OCc2ccccc2)c1)c1nc2ccccc2c(=O)[nH]1. The van der Waals surface area contributed by atoms with Gasteiger partial charge < -0.3 is 14.5 Å². The Morgan fingerprint density at radius 2 is 1.43 bits per heavy atom. The fraction of sp³-hybridized carbons (Fsp3) is 0.0645. The molecule has 6 nitrogen and oxygen atoms in total. The quantitative estimate of drug-likeness (QED) is 0.267. The van der Waals surface area contributed by atoms with Crippen LogP contribution in [0.2, 0.25) is 0 Å². The predicted molar refractivity (Wildman–Crippen MR) is 144 cm³/mol. The minimum absolute atomic E-state index is 0.211. The summed E-state index contributed by atoms with van der Waals surface area (Å²) in [6.45, 7) is 0.754. The Bertz CT molecular complexity index is 1650. The molecule has 4 aromatic carbocycles. The molecule has 37 heavy (non-hydrogen) atoms. The Morgan fingerprint density at radius 3 is 2.11 bits per heavy atom. The molecule has 0 bridgehead atoms. The number of benzene rings is 4. The van der Waals surface area contributed by atoms with Crippen molar-refractivity contribution in [2.45, 2.75) is 13.2 Å². The van der Waals surface area contributed by atoms with E-state index in [9.17, 15) is 10.1 Å². The number of H-pyrrole nitrogens is 1. The molecule has 0 saturated heterocycles. The van der Waals surface area contributed by atoms with Gasteiger partial charge in [-0.05, 0) is 47.0 Å². The third kappa shape index (κ3) is 5.75. The number of rotatable bonds is 8. The number of nitrogens with one attached hydrogen (secondary N) is 1. The molecule has 0 saturated carbocycles. The van der Waals surface area contributed by atoms with Gasteiger partial charge in [-0.15, -0.1) is 0 Å². The van der Waals surface area contributed by atoms with E-state index in [0.29, 0.717) is 41.2 Å². The summed E-state index contributed by atoms with van der Waals surface area (Å²) >= 11 is 0. The third-order valence-corrected chi connectivity index (χ3v) is 5.74. The lowest BCUT2D eigenvalue weighted by Crippen LogP contribution is -2.11. The lowest BCUT2D eigenvalue weighted by atomic mass is 10.1. The summed E-state index contributed by atoms with van der Waals surface area (Å²) in [5.41, 5.74) is 3.24. The van der Waals surface area contributed by atoms with Crippen LogP contribution in [-0.4, -0.2) is 9.97 Å². The van der Waals surface area contributed by atoms with Gasteiger partial charge in [0.1, 0.15) is 19.3 Å². The number of nitrogens with zero attached hydrogens (tertiary/aromatic N) is 2. The van der Waals surface area contributed by atoms with Gasteiger partial charge in [0.2, 0.25) is 0 Å². The molecule has 0 amide bonds. The minimum atomic E-state index is -0.293. The fourth-order valence-corrected chi connectivity index (χ4v) is 3.85. The number of ether oxygens (including phenoxy) is 2. The standard InChI is InChI=1S/C31H23N3O3/c32-19-25(30-33-27-14-8-7-13-26(27)31(35)34-30)17-24-15-16-28(36-20-22-9-3-1-4-10-22)29(18-24)37-21-23-11-5-2-6-12-23/h1-18H,20-21H2,(H,33,34,35). The second-order valence-electron chi connectivity index (χ2n) is 8.36. The minimum Gasteiger partial charge on any atom is -0.485 e. The van der Waals surface area contributed by atoms with Crippen LogP contribution in [0.5, 0.6) is 11.5 Å². The van der Waals surface area contributed by atoms with Crippen LogP contribution in [0.1, 0.15) is 22.5 Å². The topological polar surface area (TPSA) is 88.0 Å². The number of allylic oxidation sites excluding steroid dienone is 1. The largest absolute Gasteiger partial charge is 0.485 e. The Kier molecular flexibility index (Phi) is 7.05. The van der Waals surface area contributed by atoms with Crippen LogP contribution < -0.4 is 15.0 Å². The van der Waals surface area contributed by atoms with E-state index in [1.54, 1.807) is 30.3 Å². The number of hydrogen-bond acceptors (Lipinski definition) is 5. The Hall–Kier alpha value is -5.15. The van der Waals surface area contributed by atoms with Crippen LogP contribution >= 0.6 is 0 Å². The van der Waals surface area contributed by atoms with E-state index in [4.69, 9.17) is 9.47 Å². The second-order valence-corrected chi connectivity index (χ2v) is 8.36. The van der Waals surface area contributed by atoms with Gasteiger partial charge in [-0.1, -0.05) is 78.9 Å². The van der Waals surface area contributed by atoms with Crippen molar-refractivity contribution in [2.24, 2.45) is 0 Å². The molecule has 0 unspecified atom stereocenters. The van der Waals surface area contributed by atoms with Crippen LogP contribution in [-0.2, 0) is 13.2 Å². The van der Waals surface area contributed by atoms with Crippen molar-refractivity contribution in [3.8, 4) is 17.6 Å². The maximum absolute atomic E-state index is 12.5. The zero-order valence-corrected chi connectivity index (χ0v) is 19.9. The van der Waals surface area contributed by atoms with Crippen molar-refractivity contribution in [2.75, 3.05) is 0 Å². The highest BCUT2D eigenvalue weighted by Gasteiger charge is 2.11. The molecule has 0 aliphatic carbocycles. The molecule has 0 radical (unpaired) electrons. The van der Waals surface area contributed by atoms with E-state index < -0.39 is 0 Å². The maximum Gasteiger partial charge on any atom is 0.259 e. The summed E-state index contributed by atoms with van der Waals surface area (Å²) in [6.07, 6.45) is 1.67. The molecule has 1 aromatic heterocycles. The summed E-state index contributed by atoms with van der Waals surface area (Å²) < 4.78 is 12.2. The number of aromatic amines is 1. The summed E-state index contributed by atoms with van der Waals surface area (Å²) in [6, 6.07) is 34.4. The van der Waals surface area contributed by atoms with Crippen molar-refractivity contribution in [3.05, 3.63) is 136 Å². The summed E-state index contributed by atoms with van der Waals surface area (Å²) in [4.78, 5) is 19.7. The van der Waals surface area contributed by atoms with Gasteiger partial charge >= 0.3 is 0 Å². The molecule has 0 spiro atoms. The van der Waals surface area contributed by atoms with Crippen molar-refractivity contribution in [1.29, 1.82) is 5.26 Å². The average Bonchev–Trinajstić information content (AvgIpc) is 2.95. The summed E-state index contributed by atoms with van der Waals surface area (Å²) in [7, 11) is 0. The number of hydrogen-bond donors (Lipinski definition) is 1. The van der Waals surface area contributed by atoms with Crippen molar-refractivity contribution >= 4 is 22.6 Å². The van der Waals surface area contributed by atoms with Gasteiger partial charge in [0.25, 0.3) is 5.56 Å².